The third kappa shape index (κ3) is 3.49. The first-order valence-electron chi connectivity index (χ1n) is 7.19. The Balaban J connectivity index is 1.51. The van der Waals surface area contributed by atoms with Gasteiger partial charge in [0.2, 0.25) is 0 Å². The molecule has 0 radical (unpaired) electrons. The molecule has 0 fully saturated rings. The summed E-state index contributed by atoms with van der Waals surface area (Å²) in [4.78, 5) is 20.2. The molecule has 0 aliphatic rings. The van der Waals surface area contributed by atoms with Crippen LogP contribution >= 0.6 is 0 Å². The Labute approximate surface area is 132 Å². The summed E-state index contributed by atoms with van der Waals surface area (Å²) in [6.07, 6.45) is 6.67. The molecule has 7 nitrogen and oxygen atoms in total. The van der Waals surface area contributed by atoms with Gasteiger partial charge in [-0.15, -0.1) is 0 Å². The molecule has 0 spiro atoms. The molecule has 1 aromatic carbocycles. The second-order valence-corrected chi connectivity index (χ2v) is 5.02. The van der Waals surface area contributed by atoms with Gasteiger partial charge in [0.05, 0.1) is 11.6 Å². The number of fused-ring (bicyclic) bond motifs is 1. The van der Waals surface area contributed by atoms with Crippen LogP contribution in [-0.4, -0.2) is 32.0 Å². The number of nitrogens with zero attached hydrogens (tertiary/aromatic N) is 5. The maximum absolute atomic E-state index is 12.0. The fourth-order valence-electron chi connectivity index (χ4n) is 2.21. The van der Waals surface area contributed by atoms with E-state index in [0.717, 1.165) is 18.4 Å². The molecule has 0 saturated heterocycles. The summed E-state index contributed by atoms with van der Waals surface area (Å²) in [6, 6.07) is 8.67. The molecule has 3 rings (SSSR count). The van der Waals surface area contributed by atoms with Crippen LogP contribution in [0.4, 0.5) is 0 Å². The molecule has 0 unspecified atom stereocenters. The molecule has 7 heteroatoms. The van der Waals surface area contributed by atoms with Gasteiger partial charge in [-0.1, -0.05) is 6.07 Å². The first-order valence-corrected chi connectivity index (χ1v) is 7.19. The van der Waals surface area contributed by atoms with E-state index in [1.54, 1.807) is 35.0 Å². The average molecular weight is 306 g/mol. The van der Waals surface area contributed by atoms with Gasteiger partial charge < -0.3 is 5.32 Å². The van der Waals surface area contributed by atoms with E-state index in [4.69, 9.17) is 5.26 Å². The van der Waals surface area contributed by atoms with Crippen LogP contribution in [0.15, 0.2) is 43.0 Å². The van der Waals surface area contributed by atoms with Crippen molar-refractivity contribution in [3.05, 3.63) is 59.7 Å². The van der Waals surface area contributed by atoms with E-state index in [1.807, 2.05) is 12.3 Å². The molecular weight excluding hydrogens is 292 g/mol. The first kappa shape index (κ1) is 14.7. The van der Waals surface area contributed by atoms with Crippen molar-refractivity contribution < 1.29 is 4.79 Å². The third-order valence-electron chi connectivity index (χ3n) is 3.37. The Bertz CT molecular complexity index is 879. The summed E-state index contributed by atoms with van der Waals surface area (Å²) in [5, 5.41) is 15.7. The summed E-state index contributed by atoms with van der Waals surface area (Å²) >= 11 is 0. The Hall–Kier alpha value is -3.27. The normalized spacial score (nSPS) is 10.4. The van der Waals surface area contributed by atoms with Crippen molar-refractivity contribution >= 4 is 11.7 Å². The zero-order chi connectivity index (χ0) is 16.1. The fraction of sp³-hybridized carbons (Fsp3) is 0.188. The van der Waals surface area contributed by atoms with Crippen LogP contribution in [0.1, 0.15) is 27.9 Å². The van der Waals surface area contributed by atoms with E-state index in [1.165, 1.54) is 6.33 Å². The van der Waals surface area contributed by atoms with Gasteiger partial charge >= 0.3 is 0 Å². The lowest BCUT2D eigenvalue weighted by Crippen LogP contribution is -2.24. The number of benzene rings is 1. The molecule has 114 valence electrons. The molecule has 0 atom stereocenters. The lowest BCUT2D eigenvalue weighted by molar-refractivity contribution is 0.0953. The Morgan fingerprint density at radius 1 is 1.35 bits per heavy atom. The molecule has 0 saturated carbocycles. The second-order valence-electron chi connectivity index (χ2n) is 5.02. The van der Waals surface area contributed by atoms with E-state index in [9.17, 15) is 4.79 Å². The van der Waals surface area contributed by atoms with E-state index in [2.05, 4.69) is 20.4 Å². The summed E-state index contributed by atoms with van der Waals surface area (Å²) in [7, 11) is 0. The zero-order valence-electron chi connectivity index (χ0n) is 12.3. The number of nitriles is 1. The second kappa shape index (κ2) is 6.66. The quantitative estimate of drug-likeness (QED) is 0.718. The SMILES string of the molecule is N#Cc1cccc(C(=O)NCCCc2cnc3ncnn3c2)c1. The van der Waals surface area contributed by atoms with Gasteiger partial charge in [-0.3, -0.25) is 4.79 Å². The van der Waals surface area contributed by atoms with Gasteiger partial charge in [-0.05, 0) is 36.6 Å². The van der Waals surface area contributed by atoms with Crippen LogP contribution in [0, 0.1) is 11.3 Å². The number of hydrogen-bond donors (Lipinski definition) is 1. The highest BCUT2D eigenvalue weighted by Gasteiger charge is 2.06. The Morgan fingerprint density at radius 3 is 3.13 bits per heavy atom. The predicted molar refractivity (Wildman–Crippen MR) is 82.6 cm³/mol. The number of aromatic nitrogens is 4. The molecule has 0 aliphatic heterocycles. The summed E-state index contributed by atoms with van der Waals surface area (Å²) in [5.41, 5.74) is 2.00. The number of carbonyl (C=O) groups excluding carboxylic acids is 1. The van der Waals surface area contributed by atoms with Crippen molar-refractivity contribution in [1.29, 1.82) is 5.26 Å². The minimum atomic E-state index is -0.174. The number of nitrogens with one attached hydrogen (secondary N) is 1. The number of carbonyl (C=O) groups is 1. The van der Waals surface area contributed by atoms with Crippen LogP contribution in [0.25, 0.3) is 5.78 Å². The highest BCUT2D eigenvalue weighted by molar-refractivity contribution is 5.94. The highest BCUT2D eigenvalue weighted by atomic mass is 16.1. The van der Waals surface area contributed by atoms with Gasteiger partial charge in [0, 0.05) is 24.5 Å². The molecule has 0 aliphatic carbocycles. The molecule has 1 amide bonds. The van der Waals surface area contributed by atoms with Crippen molar-refractivity contribution in [2.24, 2.45) is 0 Å². The maximum atomic E-state index is 12.0. The van der Waals surface area contributed by atoms with Crippen molar-refractivity contribution in [1.82, 2.24) is 24.9 Å². The number of amides is 1. The molecule has 3 aromatic rings. The number of aryl methyl sites for hydroxylation is 1. The highest BCUT2D eigenvalue weighted by Crippen LogP contribution is 2.05. The van der Waals surface area contributed by atoms with Gasteiger partial charge in [0.25, 0.3) is 11.7 Å². The van der Waals surface area contributed by atoms with Crippen molar-refractivity contribution in [2.75, 3.05) is 6.54 Å². The number of hydrogen-bond acceptors (Lipinski definition) is 5. The molecule has 23 heavy (non-hydrogen) atoms. The van der Waals surface area contributed by atoms with Gasteiger partial charge in [-0.2, -0.15) is 15.3 Å². The summed E-state index contributed by atoms with van der Waals surface area (Å²) < 4.78 is 1.63. The molecule has 1 N–H and O–H groups in total. The summed E-state index contributed by atoms with van der Waals surface area (Å²) in [6.45, 7) is 0.547. The van der Waals surface area contributed by atoms with Gasteiger partial charge in [0.15, 0.2) is 0 Å². The van der Waals surface area contributed by atoms with E-state index in [-0.39, 0.29) is 5.91 Å². The number of rotatable bonds is 5. The standard InChI is InChI=1S/C16H14N6O/c17-8-12-3-1-5-14(7-12)15(23)18-6-2-4-13-9-19-16-20-11-21-22(16)10-13/h1,3,5,7,9-11H,2,4,6H2,(H,18,23). The first-order chi connectivity index (χ1) is 11.3. The van der Waals surface area contributed by atoms with Crippen LogP contribution in [-0.2, 0) is 6.42 Å². The predicted octanol–water partition coefficient (Wildman–Crippen LogP) is 1.36. The van der Waals surface area contributed by atoms with E-state index < -0.39 is 0 Å². The monoisotopic (exact) mass is 306 g/mol. The lowest BCUT2D eigenvalue weighted by Gasteiger charge is -2.05. The third-order valence-corrected chi connectivity index (χ3v) is 3.37. The van der Waals surface area contributed by atoms with E-state index >= 15 is 0 Å². The minimum absolute atomic E-state index is 0.174. The lowest BCUT2D eigenvalue weighted by atomic mass is 10.1. The largest absolute Gasteiger partial charge is 0.352 e. The van der Waals surface area contributed by atoms with Crippen molar-refractivity contribution in [3.63, 3.8) is 0 Å². The topological polar surface area (TPSA) is 96.0 Å². The minimum Gasteiger partial charge on any atom is -0.352 e. The zero-order valence-corrected chi connectivity index (χ0v) is 12.3. The van der Waals surface area contributed by atoms with E-state index in [0.29, 0.717) is 23.4 Å². The Morgan fingerprint density at radius 2 is 2.26 bits per heavy atom. The maximum Gasteiger partial charge on any atom is 0.252 e. The van der Waals surface area contributed by atoms with Crippen LogP contribution in [0.2, 0.25) is 0 Å². The van der Waals surface area contributed by atoms with Gasteiger partial charge in [-0.25, -0.2) is 9.50 Å². The van der Waals surface area contributed by atoms with Gasteiger partial charge in [0.1, 0.15) is 6.33 Å². The molecular formula is C16H14N6O. The smallest absolute Gasteiger partial charge is 0.252 e. The molecule has 0 bridgehead atoms. The average Bonchev–Trinajstić information content (AvgIpc) is 3.06. The Kier molecular flexibility index (Phi) is 4.25. The summed E-state index contributed by atoms with van der Waals surface area (Å²) in [5.74, 6) is 0.395. The van der Waals surface area contributed by atoms with Crippen molar-refractivity contribution in [2.45, 2.75) is 12.8 Å². The van der Waals surface area contributed by atoms with Crippen LogP contribution in [0.5, 0.6) is 0 Å². The van der Waals surface area contributed by atoms with Crippen molar-refractivity contribution in [3.8, 4) is 6.07 Å². The molecule has 2 aromatic heterocycles. The van der Waals surface area contributed by atoms with Crippen LogP contribution in [0.3, 0.4) is 0 Å². The van der Waals surface area contributed by atoms with Crippen LogP contribution < -0.4 is 5.32 Å². The molecule has 2 heterocycles. The fourth-order valence-corrected chi connectivity index (χ4v) is 2.21.